The number of Topliss-reactive ketones (excluding diaryl/α,β-unsaturated/α-hetero) is 1. The molecule has 4 aliphatic heterocycles. The molecule has 0 aromatic rings. The van der Waals surface area contributed by atoms with Gasteiger partial charge in [0.2, 0.25) is 17.7 Å². The van der Waals surface area contributed by atoms with Crippen LogP contribution in [-0.2, 0) is 57.1 Å². The molecule has 0 aromatic heterocycles. The summed E-state index contributed by atoms with van der Waals surface area (Å²) in [6.45, 7) is -3.96. The first-order chi connectivity index (χ1) is 33.7. The highest BCUT2D eigenvalue weighted by atomic mass is 16.8. The molecule has 0 unspecified atom stereocenters. The minimum atomic E-state index is -1.98. The van der Waals surface area contributed by atoms with Gasteiger partial charge in [-0.15, -0.1) is 0 Å². The molecule has 71 heavy (non-hydrogen) atoms. The predicted octanol–water partition coefficient (Wildman–Crippen LogP) is -10.9. The van der Waals surface area contributed by atoms with Gasteiger partial charge in [-0.3, -0.25) is 19.3 Å². The summed E-state index contributed by atoms with van der Waals surface area (Å²) < 4.78 is 44.0. The molecule has 0 aliphatic carbocycles. The standard InChI is InChI=1S/C41H72N4O26/c1-18(49)5-3-2-4-6-42-23(50)11-45(12-24(51)43-7-9-64-38-33(60)30(57)26(53)19(14-46)67-38)13-25(52)44-8-10-65-40-36(63)37(71-41-35(62)32(59)28(55)21(16-48)69-41)29(56)22(70-40)17-66-39-34(61)31(58)27(54)20(15-47)68-39/h19-22,26-41,46-48,53-63H,2-17H2,1H3,(H,42,50)(H,43,51)(H,44,52)/t19-,20-,21-,22-,26-,27-,28-,29-,30+,31+,32+,33+,34+,35+,36+,37+,38+,39+,40+,41-/m1/s1. The number of hydrogen-bond donors (Lipinski definition) is 17. The number of ketones is 1. The Hall–Kier alpha value is -2.84. The largest absolute Gasteiger partial charge is 0.394 e. The van der Waals surface area contributed by atoms with Gasteiger partial charge in [0.15, 0.2) is 25.2 Å². The van der Waals surface area contributed by atoms with Crippen molar-refractivity contribution >= 4 is 23.5 Å². The maximum absolute atomic E-state index is 13.2. The topological polar surface area (TPSA) is 465 Å². The molecular weight excluding hydrogens is 964 g/mol. The van der Waals surface area contributed by atoms with Crippen LogP contribution in [0.3, 0.4) is 0 Å². The first kappa shape index (κ1) is 60.7. The van der Waals surface area contributed by atoms with Crippen molar-refractivity contribution in [1.29, 1.82) is 0 Å². The van der Waals surface area contributed by atoms with Crippen molar-refractivity contribution < 1.29 is 129 Å². The van der Waals surface area contributed by atoms with Crippen molar-refractivity contribution in [2.45, 2.75) is 155 Å². The fraction of sp³-hybridized carbons (Fsp3) is 0.902. The van der Waals surface area contributed by atoms with Gasteiger partial charge in [0.25, 0.3) is 0 Å². The molecule has 30 heteroatoms. The summed E-state index contributed by atoms with van der Waals surface area (Å²) in [5.41, 5.74) is 0. The van der Waals surface area contributed by atoms with Crippen LogP contribution in [-0.4, -0.2) is 302 Å². The number of carbonyl (C=O) groups is 4. The van der Waals surface area contributed by atoms with Crippen LogP contribution in [0.5, 0.6) is 0 Å². The van der Waals surface area contributed by atoms with E-state index in [1.165, 1.54) is 11.8 Å². The van der Waals surface area contributed by atoms with Gasteiger partial charge in [-0.05, 0) is 19.8 Å². The third-order valence-electron chi connectivity index (χ3n) is 11.9. The van der Waals surface area contributed by atoms with Gasteiger partial charge in [0, 0.05) is 26.1 Å². The number of hydrogen-bond acceptors (Lipinski definition) is 27. The Balaban J connectivity index is 1.36. The van der Waals surface area contributed by atoms with E-state index in [-0.39, 0.29) is 32.0 Å². The van der Waals surface area contributed by atoms with Gasteiger partial charge in [-0.1, -0.05) is 6.42 Å². The second kappa shape index (κ2) is 29.9. The molecule has 4 fully saturated rings. The molecule has 412 valence electrons. The Morgan fingerprint density at radius 2 is 0.845 bits per heavy atom. The average Bonchev–Trinajstić information content (AvgIpc) is 3.33. The van der Waals surface area contributed by atoms with Crippen molar-refractivity contribution in [3.05, 3.63) is 0 Å². The maximum Gasteiger partial charge on any atom is 0.234 e. The summed E-state index contributed by atoms with van der Waals surface area (Å²) in [4.78, 5) is 51.5. The van der Waals surface area contributed by atoms with E-state index in [1.54, 1.807) is 0 Å². The SMILES string of the molecule is CC(=O)CCCCCNC(=O)CN(CC(=O)NCCO[C@H]1O[C@H](CO)[C@@H](O)[C@H](O)[C@@H]1O)CC(=O)NCCO[C@H]1O[C@H](CO[C@H]2O[C@H](CO)[C@@H](O)[C@H](O)[C@@H]2O)[C@@H](O)[C@H](O[C@H]2O[C@H](CO)[C@@H](O)[C@H](O)[C@@H]2O)[C@@H]1O. The van der Waals surface area contributed by atoms with E-state index in [0.717, 1.165) is 0 Å². The molecule has 4 saturated heterocycles. The fourth-order valence-corrected chi connectivity index (χ4v) is 7.85. The molecule has 3 amide bonds. The van der Waals surface area contributed by atoms with E-state index < -0.39 is 193 Å². The van der Waals surface area contributed by atoms with E-state index >= 15 is 0 Å². The minimum absolute atomic E-state index is 0.0353. The number of amides is 3. The van der Waals surface area contributed by atoms with Gasteiger partial charge < -0.3 is 130 Å². The zero-order valence-corrected chi connectivity index (χ0v) is 39.0. The van der Waals surface area contributed by atoms with Crippen molar-refractivity contribution in [3.63, 3.8) is 0 Å². The summed E-state index contributed by atoms with van der Waals surface area (Å²) in [6.07, 6.45) is -31.9. The Morgan fingerprint density at radius 1 is 0.451 bits per heavy atom. The minimum Gasteiger partial charge on any atom is -0.394 e. The Morgan fingerprint density at radius 3 is 1.30 bits per heavy atom. The highest BCUT2D eigenvalue weighted by Crippen LogP contribution is 2.31. The highest BCUT2D eigenvalue weighted by Gasteiger charge is 2.52. The smallest absolute Gasteiger partial charge is 0.234 e. The molecule has 20 atom stereocenters. The number of nitrogens with zero attached hydrogens (tertiary/aromatic N) is 1. The van der Waals surface area contributed by atoms with Crippen LogP contribution in [0.4, 0.5) is 0 Å². The number of unbranched alkanes of at least 4 members (excludes halogenated alkanes) is 2. The van der Waals surface area contributed by atoms with Crippen molar-refractivity contribution in [2.24, 2.45) is 0 Å². The number of aliphatic hydroxyl groups excluding tert-OH is 14. The first-order valence-corrected chi connectivity index (χ1v) is 23.2. The van der Waals surface area contributed by atoms with Gasteiger partial charge in [0.05, 0.1) is 59.3 Å². The Labute approximate surface area is 406 Å². The monoisotopic (exact) mass is 1040 g/mol. The Bertz CT molecular complexity index is 1620. The lowest BCUT2D eigenvalue weighted by molar-refractivity contribution is -0.366. The van der Waals surface area contributed by atoms with Crippen LogP contribution in [0.25, 0.3) is 0 Å². The number of rotatable bonds is 28. The van der Waals surface area contributed by atoms with Gasteiger partial charge in [0.1, 0.15) is 103 Å². The van der Waals surface area contributed by atoms with E-state index in [9.17, 15) is 90.7 Å². The molecular formula is C41H72N4O26. The van der Waals surface area contributed by atoms with Gasteiger partial charge >= 0.3 is 0 Å². The lowest BCUT2D eigenvalue weighted by Crippen LogP contribution is -2.65. The van der Waals surface area contributed by atoms with E-state index in [4.69, 9.17) is 37.9 Å². The average molecular weight is 1040 g/mol. The van der Waals surface area contributed by atoms with E-state index in [2.05, 4.69) is 16.0 Å². The molecule has 0 bridgehead atoms. The maximum atomic E-state index is 13.2. The van der Waals surface area contributed by atoms with Crippen LogP contribution in [0.1, 0.15) is 32.6 Å². The molecule has 0 aromatic carbocycles. The molecule has 30 nitrogen and oxygen atoms in total. The van der Waals surface area contributed by atoms with E-state index in [1.807, 2.05) is 0 Å². The first-order valence-electron chi connectivity index (χ1n) is 23.2. The van der Waals surface area contributed by atoms with Crippen molar-refractivity contribution in [2.75, 3.05) is 78.9 Å². The highest BCUT2D eigenvalue weighted by molar-refractivity contribution is 5.84. The van der Waals surface area contributed by atoms with Crippen LogP contribution in [0.2, 0.25) is 0 Å². The van der Waals surface area contributed by atoms with Gasteiger partial charge in [-0.25, -0.2) is 0 Å². The third-order valence-corrected chi connectivity index (χ3v) is 11.9. The zero-order chi connectivity index (χ0) is 52.5. The lowest BCUT2D eigenvalue weighted by atomic mass is 9.96. The van der Waals surface area contributed by atoms with Crippen molar-refractivity contribution in [1.82, 2.24) is 20.9 Å². The molecule has 17 N–H and O–H groups in total. The second-order valence-electron chi connectivity index (χ2n) is 17.5. The molecule has 4 heterocycles. The Kier molecular flexibility index (Phi) is 25.6. The van der Waals surface area contributed by atoms with Crippen LogP contribution in [0.15, 0.2) is 0 Å². The normalized spacial score (nSPS) is 37.6. The van der Waals surface area contributed by atoms with Crippen LogP contribution >= 0.6 is 0 Å². The molecule has 0 radical (unpaired) electrons. The summed E-state index contributed by atoms with van der Waals surface area (Å²) in [5, 5.41) is 151. The predicted molar refractivity (Wildman–Crippen MR) is 229 cm³/mol. The zero-order valence-electron chi connectivity index (χ0n) is 39.0. The fourth-order valence-electron chi connectivity index (χ4n) is 7.85. The molecule has 4 aliphatic rings. The lowest BCUT2D eigenvalue weighted by Gasteiger charge is -2.46. The second-order valence-corrected chi connectivity index (χ2v) is 17.5. The molecule has 0 spiro atoms. The molecule has 0 saturated carbocycles. The number of nitrogens with one attached hydrogen (secondary N) is 3. The summed E-state index contributed by atoms with van der Waals surface area (Å²) in [7, 11) is 0. The number of ether oxygens (including phenoxy) is 8. The number of aliphatic hydroxyl groups is 14. The van der Waals surface area contributed by atoms with Crippen molar-refractivity contribution in [3.8, 4) is 0 Å². The van der Waals surface area contributed by atoms with Crippen LogP contribution in [0, 0.1) is 0 Å². The number of carbonyl (C=O) groups excluding carboxylic acids is 4. The van der Waals surface area contributed by atoms with E-state index in [0.29, 0.717) is 25.7 Å². The third kappa shape index (κ3) is 17.6. The summed E-state index contributed by atoms with van der Waals surface area (Å²) >= 11 is 0. The van der Waals surface area contributed by atoms with Crippen LogP contribution < -0.4 is 16.0 Å². The van der Waals surface area contributed by atoms with Gasteiger partial charge in [-0.2, -0.15) is 0 Å². The summed E-state index contributed by atoms with van der Waals surface area (Å²) in [5.74, 6) is -1.90. The molecule has 4 rings (SSSR count). The summed E-state index contributed by atoms with van der Waals surface area (Å²) in [6, 6.07) is 0. The quantitative estimate of drug-likeness (QED) is 0.0324.